The number of anilines is 1. The van der Waals surface area contributed by atoms with Gasteiger partial charge in [0, 0.05) is 12.1 Å². The van der Waals surface area contributed by atoms with Crippen LogP contribution in [0.15, 0.2) is 52.7 Å². The smallest absolute Gasteiger partial charge is 0.240 e. The molecule has 2 N–H and O–H groups in total. The zero-order valence-electron chi connectivity index (χ0n) is 15.2. The van der Waals surface area contributed by atoms with Crippen molar-refractivity contribution in [2.45, 2.75) is 11.7 Å². The standard InChI is InChI=1S/C19H16Cl2N4O3S/c1-28-13-5-2-11(3-6-13)10-22-25-19-24-18(27)16(29-19)9-17(26)23-12-4-7-14(20)15(21)8-12/h2-8,10,16H,9H2,1H3,(H,23,26)(H,24,25,27)/b22-10+. The van der Waals surface area contributed by atoms with Gasteiger partial charge in [-0.25, -0.2) is 0 Å². The summed E-state index contributed by atoms with van der Waals surface area (Å²) in [6, 6.07) is 12.0. The van der Waals surface area contributed by atoms with Crippen LogP contribution < -0.4 is 15.4 Å². The van der Waals surface area contributed by atoms with Gasteiger partial charge in [0.1, 0.15) is 11.0 Å². The number of amides is 2. The first-order valence-electron chi connectivity index (χ1n) is 8.42. The van der Waals surface area contributed by atoms with E-state index in [1.54, 1.807) is 31.5 Å². The fourth-order valence-corrected chi connectivity index (χ4v) is 3.60. The molecule has 1 heterocycles. The van der Waals surface area contributed by atoms with Crippen LogP contribution in [0.5, 0.6) is 5.75 Å². The van der Waals surface area contributed by atoms with Crippen LogP contribution in [-0.2, 0) is 9.59 Å². The molecule has 1 atom stereocenters. The van der Waals surface area contributed by atoms with Crippen molar-refractivity contribution in [3.8, 4) is 5.75 Å². The molecule has 0 saturated carbocycles. The maximum Gasteiger partial charge on any atom is 0.240 e. The number of carbonyl (C=O) groups is 2. The monoisotopic (exact) mass is 450 g/mol. The molecule has 10 heteroatoms. The van der Waals surface area contributed by atoms with Crippen molar-refractivity contribution in [2.24, 2.45) is 10.2 Å². The molecular formula is C19H16Cl2N4O3S. The lowest BCUT2D eigenvalue weighted by molar-refractivity contribution is -0.122. The number of ether oxygens (including phenoxy) is 1. The van der Waals surface area contributed by atoms with Gasteiger partial charge in [-0.15, -0.1) is 5.10 Å². The Labute approximate surface area is 181 Å². The van der Waals surface area contributed by atoms with E-state index in [9.17, 15) is 9.59 Å². The second-order valence-electron chi connectivity index (χ2n) is 5.90. The van der Waals surface area contributed by atoms with E-state index in [0.717, 1.165) is 23.1 Å². The average molecular weight is 451 g/mol. The molecule has 150 valence electrons. The van der Waals surface area contributed by atoms with Gasteiger partial charge in [-0.3, -0.25) is 9.59 Å². The molecule has 1 fully saturated rings. The molecule has 1 unspecified atom stereocenters. The van der Waals surface area contributed by atoms with Crippen LogP contribution >= 0.6 is 35.0 Å². The highest BCUT2D eigenvalue weighted by Gasteiger charge is 2.32. The number of thioether (sulfide) groups is 1. The van der Waals surface area contributed by atoms with Crippen molar-refractivity contribution in [3.63, 3.8) is 0 Å². The molecule has 3 rings (SSSR count). The van der Waals surface area contributed by atoms with E-state index in [0.29, 0.717) is 20.9 Å². The zero-order valence-corrected chi connectivity index (χ0v) is 17.5. The van der Waals surface area contributed by atoms with E-state index in [1.807, 2.05) is 24.3 Å². The Morgan fingerprint density at radius 1 is 1.24 bits per heavy atom. The molecule has 2 aromatic rings. The maximum atomic E-state index is 12.2. The second-order valence-corrected chi connectivity index (χ2v) is 7.91. The van der Waals surface area contributed by atoms with Crippen LogP contribution in [0.1, 0.15) is 12.0 Å². The van der Waals surface area contributed by atoms with Crippen LogP contribution in [-0.4, -0.2) is 35.6 Å². The Balaban J connectivity index is 1.54. The summed E-state index contributed by atoms with van der Waals surface area (Å²) in [4.78, 5) is 24.3. The van der Waals surface area contributed by atoms with Gasteiger partial charge in [-0.05, 0) is 48.0 Å². The topological polar surface area (TPSA) is 92.2 Å². The number of hydrogen-bond donors (Lipinski definition) is 2. The van der Waals surface area contributed by atoms with Crippen LogP contribution in [0.3, 0.4) is 0 Å². The molecule has 2 aromatic carbocycles. The number of amidine groups is 1. The summed E-state index contributed by atoms with van der Waals surface area (Å²) in [5, 5.41) is 13.8. The van der Waals surface area contributed by atoms with Gasteiger partial charge in [-0.1, -0.05) is 35.0 Å². The lowest BCUT2D eigenvalue weighted by atomic mass is 10.2. The summed E-state index contributed by atoms with van der Waals surface area (Å²) in [6.45, 7) is 0. The Kier molecular flexibility index (Phi) is 7.13. The molecule has 2 amide bonds. The van der Waals surface area contributed by atoms with Gasteiger partial charge in [0.05, 0.1) is 23.4 Å². The number of carbonyl (C=O) groups excluding carboxylic acids is 2. The van der Waals surface area contributed by atoms with Crippen LogP contribution in [0.2, 0.25) is 10.0 Å². The van der Waals surface area contributed by atoms with Crippen molar-refractivity contribution < 1.29 is 14.3 Å². The number of nitrogens with zero attached hydrogens (tertiary/aromatic N) is 2. The van der Waals surface area contributed by atoms with E-state index in [1.165, 1.54) is 0 Å². The minimum Gasteiger partial charge on any atom is -0.497 e. The van der Waals surface area contributed by atoms with Crippen molar-refractivity contribution in [1.82, 2.24) is 5.32 Å². The summed E-state index contributed by atoms with van der Waals surface area (Å²) in [6.07, 6.45) is 1.54. The SMILES string of the molecule is COc1ccc(/C=N/N=C2\NC(=O)C(CC(=O)Nc3ccc(Cl)c(Cl)c3)S2)cc1. The number of rotatable bonds is 6. The zero-order chi connectivity index (χ0) is 20.8. The number of halogens is 2. The summed E-state index contributed by atoms with van der Waals surface area (Å²) < 4.78 is 5.09. The molecule has 0 radical (unpaired) electrons. The lowest BCUT2D eigenvalue weighted by Crippen LogP contribution is -2.28. The molecule has 1 aliphatic rings. The van der Waals surface area contributed by atoms with Crippen LogP contribution in [0.25, 0.3) is 0 Å². The third-order valence-corrected chi connectivity index (χ3v) is 5.63. The molecule has 1 aliphatic heterocycles. The van der Waals surface area contributed by atoms with Crippen molar-refractivity contribution in [3.05, 3.63) is 58.1 Å². The van der Waals surface area contributed by atoms with Crippen molar-refractivity contribution >= 4 is 63.8 Å². The summed E-state index contributed by atoms with van der Waals surface area (Å²) in [5.74, 6) is 0.130. The molecule has 29 heavy (non-hydrogen) atoms. The van der Waals surface area contributed by atoms with E-state index in [-0.39, 0.29) is 18.2 Å². The first-order chi connectivity index (χ1) is 13.9. The molecule has 0 spiro atoms. The van der Waals surface area contributed by atoms with Gasteiger partial charge >= 0.3 is 0 Å². The average Bonchev–Trinajstić information content (AvgIpc) is 3.04. The lowest BCUT2D eigenvalue weighted by Gasteiger charge is -2.08. The minimum atomic E-state index is -0.590. The van der Waals surface area contributed by atoms with Gasteiger partial charge in [-0.2, -0.15) is 5.10 Å². The Hall–Kier alpha value is -2.55. The number of benzene rings is 2. The Bertz CT molecular complexity index is 980. The summed E-state index contributed by atoms with van der Waals surface area (Å²) in [5.41, 5.74) is 1.34. The number of hydrogen-bond acceptors (Lipinski definition) is 6. The normalized spacial score (nSPS) is 17.6. The Morgan fingerprint density at radius 2 is 2.00 bits per heavy atom. The van der Waals surface area contributed by atoms with Gasteiger partial charge in [0.25, 0.3) is 0 Å². The number of nitrogens with one attached hydrogen (secondary N) is 2. The molecule has 0 aliphatic carbocycles. The van der Waals surface area contributed by atoms with E-state index >= 15 is 0 Å². The highest BCUT2D eigenvalue weighted by molar-refractivity contribution is 8.15. The highest BCUT2D eigenvalue weighted by Crippen LogP contribution is 2.26. The molecule has 1 saturated heterocycles. The van der Waals surface area contributed by atoms with Crippen LogP contribution in [0, 0.1) is 0 Å². The third kappa shape index (κ3) is 5.96. The third-order valence-electron chi connectivity index (χ3n) is 3.82. The number of methoxy groups -OCH3 is 1. The molecule has 7 nitrogen and oxygen atoms in total. The molecule has 0 bridgehead atoms. The summed E-state index contributed by atoms with van der Waals surface area (Å²) >= 11 is 12.9. The second kappa shape index (κ2) is 9.78. The van der Waals surface area contributed by atoms with Gasteiger partial charge in [0.2, 0.25) is 11.8 Å². The van der Waals surface area contributed by atoms with Crippen LogP contribution in [0.4, 0.5) is 5.69 Å². The summed E-state index contributed by atoms with van der Waals surface area (Å²) in [7, 11) is 1.59. The first kappa shape index (κ1) is 21.2. The first-order valence-corrected chi connectivity index (χ1v) is 10.1. The predicted octanol–water partition coefficient (Wildman–Crippen LogP) is 3.95. The van der Waals surface area contributed by atoms with E-state index in [4.69, 9.17) is 27.9 Å². The Morgan fingerprint density at radius 3 is 2.69 bits per heavy atom. The van der Waals surface area contributed by atoms with Crippen molar-refractivity contribution in [2.75, 3.05) is 12.4 Å². The quantitative estimate of drug-likeness (QED) is 0.514. The minimum absolute atomic E-state index is 0.0159. The molecular weight excluding hydrogens is 435 g/mol. The fraction of sp³-hybridized carbons (Fsp3) is 0.158. The van der Waals surface area contributed by atoms with Crippen molar-refractivity contribution in [1.29, 1.82) is 0 Å². The van der Waals surface area contributed by atoms with Gasteiger partial charge < -0.3 is 15.4 Å². The van der Waals surface area contributed by atoms with E-state index < -0.39 is 5.25 Å². The highest BCUT2D eigenvalue weighted by atomic mass is 35.5. The van der Waals surface area contributed by atoms with Gasteiger partial charge in [0.15, 0.2) is 5.17 Å². The maximum absolute atomic E-state index is 12.2. The van der Waals surface area contributed by atoms with E-state index in [2.05, 4.69) is 20.8 Å². The fourth-order valence-electron chi connectivity index (χ4n) is 2.38. The molecule has 0 aromatic heterocycles. The predicted molar refractivity (Wildman–Crippen MR) is 117 cm³/mol. The largest absolute Gasteiger partial charge is 0.497 e.